The molecule has 0 radical (unpaired) electrons. The number of aromatic nitrogens is 2. The Morgan fingerprint density at radius 3 is 2.47 bits per heavy atom. The average Bonchev–Trinajstić information content (AvgIpc) is 3.44. The molecule has 2 heterocycles. The molecule has 0 spiro atoms. The van der Waals surface area contributed by atoms with Gasteiger partial charge in [-0.3, -0.25) is 4.79 Å². The van der Waals surface area contributed by atoms with E-state index in [1.807, 2.05) is 24.3 Å². The molecule has 1 N–H and O–H groups in total. The van der Waals surface area contributed by atoms with Crippen LogP contribution in [-0.4, -0.2) is 53.9 Å². The molecule has 1 aliphatic heterocycles. The number of hydrogen-bond acceptors (Lipinski definition) is 4. The first kappa shape index (κ1) is 20.1. The molecule has 4 rings (SSSR count). The molecule has 3 aromatic rings. The molecule has 156 valence electrons. The molecule has 7 heteroatoms. The summed E-state index contributed by atoms with van der Waals surface area (Å²) in [6, 6.07) is 15.2. The van der Waals surface area contributed by atoms with E-state index in [1.165, 1.54) is 25.0 Å². The van der Waals surface area contributed by atoms with Crippen molar-refractivity contribution >= 4 is 5.91 Å². The molecular formula is C23H25FN4O2. The molecule has 0 unspecified atom stereocenters. The Hall–Kier alpha value is -3.19. The lowest BCUT2D eigenvalue weighted by Crippen LogP contribution is -2.34. The molecule has 0 atom stereocenters. The van der Waals surface area contributed by atoms with Gasteiger partial charge in [-0.15, -0.1) is 0 Å². The summed E-state index contributed by atoms with van der Waals surface area (Å²) in [6.45, 7) is 3.61. The van der Waals surface area contributed by atoms with Crippen LogP contribution >= 0.6 is 0 Å². The van der Waals surface area contributed by atoms with Crippen LogP contribution in [0.15, 0.2) is 54.6 Å². The van der Waals surface area contributed by atoms with Crippen LogP contribution in [0.4, 0.5) is 4.39 Å². The summed E-state index contributed by atoms with van der Waals surface area (Å²) >= 11 is 0. The highest BCUT2D eigenvalue weighted by Crippen LogP contribution is 2.23. The summed E-state index contributed by atoms with van der Waals surface area (Å²) < 4.78 is 20.1. The molecule has 30 heavy (non-hydrogen) atoms. The number of methoxy groups -OCH3 is 1. The summed E-state index contributed by atoms with van der Waals surface area (Å²) in [6.07, 6.45) is 2.44. The quantitative estimate of drug-likeness (QED) is 0.650. The summed E-state index contributed by atoms with van der Waals surface area (Å²) in [4.78, 5) is 15.3. The zero-order valence-electron chi connectivity index (χ0n) is 17.0. The van der Waals surface area contributed by atoms with Crippen molar-refractivity contribution in [2.24, 2.45) is 0 Å². The summed E-state index contributed by atoms with van der Waals surface area (Å²) in [5.41, 5.74) is 2.53. The lowest BCUT2D eigenvalue weighted by Gasteiger charge is -2.15. The van der Waals surface area contributed by atoms with E-state index in [1.54, 1.807) is 30.0 Å². The minimum atomic E-state index is -0.312. The van der Waals surface area contributed by atoms with Gasteiger partial charge in [0.05, 0.1) is 18.5 Å². The van der Waals surface area contributed by atoms with Crippen LogP contribution in [0.5, 0.6) is 5.75 Å². The van der Waals surface area contributed by atoms with E-state index in [-0.39, 0.29) is 11.7 Å². The van der Waals surface area contributed by atoms with Crippen LogP contribution < -0.4 is 10.1 Å². The molecule has 1 fully saturated rings. The Morgan fingerprint density at radius 1 is 1.10 bits per heavy atom. The second-order valence-electron chi connectivity index (χ2n) is 7.34. The first-order valence-electron chi connectivity index (χ1n) is 10.1. The van der Waals surface area contributed by atoms with Gasteiger partial charge in [-0.25, -0.2) is 9.07 Å². The van der Waals surface area contributed by atoms with Crippen molar-refractivity contribution in [3.63, 3.8) is 0 Å². The predicted octanol–water partition coefficient (Wildman–Crippen LogP) is 3.51. The molecule has 0 bridgehead atoms. The Morgan fingerprint density at radius 2 is 1.80 bits per heavy atom. The van der Waals surface area contributed by atoms with Gasteiger partial charge in [0.15, 0.2) is 0 Å². The summed E-state index contributed by atoms with van der Waals surface area (Å²) in [5.74, 6) is 0.223. The third kappa shape index (κ3) is 4.52. The van der Waals surface area contributed by atoms with Crippen LogP contribution in [0.1, 0.15) is 23.3 Å². The molecular weight excluding hydrogens is 383 g/mol. The zero-order chi connectivity index (χ0) is 20.9. The van der Waals surface area contributed by atoms with Crippen molar-refractivity contribution in [2.45, 2.75) is 12.8 Å². The van der Waals surface area contributed by atoms with E-state index in [0.29, 0.717) is 17.9 Å². The number of carbonyl (C=O) groups is 1. The van der Waals surface area contributed by atoms with Gasteiger partial charge >= 0.3 is 0 Å². The van der Waals surface area contributed by atoms with Crippen molar-refractivity contribution in [1.82, 2.24) is 20.0 Å². The topological polar surface area (TPSA) is 59.4 Å². The lowest BCUT2D eigenvalue weighted by atomic mass is 10.1. The smallest absolute Gasteiger partial charge is 0.270 e. The van der Waals surface area contributed by atoms with Gasteiger partial charge in [0.25, 0.3) is 5.91 Å². The number of hydrogen-bond donors (Lipinski definition) is 1. The van der Waals surface area contributed by atoms with Gasteiger partial charge in [0, 0.05) is 18.7 Å². The molecule has 0 aliphatic carbocycles. The third-order valence-electron chi connectivity index (χ3n) is 5.31. The van der Waals surface area contributed by atoms with E-state index < -0.39 is 0 Å². The minimum absolute atomic E-state index is 0.189. The highest BCUT2D eigenvalue weighted by molar-refractivity contribution is 5.94. The molecule has 1 saturated heterocycles. The Kier molecular flexibility index (Phi) is 6.09. The van der Waals surface area contributed by atoms with E-state index >= 15 is 0 Å². The summed E-state index contributed by atoms with van der Waals surface area (Å²) in [5, 5.41) is 7.63. The van der Waals surface area contributed by atoms with Crippen molar-refractivity contribution in [3.8, 4) is 22.7 Å². The van der Waals surface area contributed by atoms with Crippen molar-refractivity contribution in [3.05, 3.63) is 66.1 Å². The Labute approximate surface area is 175 Å². The van der Waals surface area contributed by atoms with E-state index in [0.717, 1.165) is 36.6 Å². The van der Waals surface area contributed by atoms with Crippen LogP contribution in [0, 0.1) is 5.82 Å². The second-order valence-corrected chi connectivity index (χ2v) is 7.34. The van der Waals surface area contributed by atoms with Gasteiger partial charge in [-0.1, -0.05) is 0 Å². The maximum Gasteiger partial charge on any atom is 0.270 e. The maximum absolute atomic E-state index is 13.3. The number of nitrogens with zero attached hydrogens (tertiary/aromatic N) is 3. The van der Waals surface area contributed by atoms with Crippen molar-refractivity contribution in [2.75, 3.05) is 33.3 Å². The third-order valence-corrected chi connectivity index (χ3v) is 5.31. The molecule has 1 aliphatic rings. The molecule has 1 amide bonds. The minimum Gasteiger partial charge on any atom is -0.497 e. The predicted molar refractivity (Wildman–Crippen MR) is 114 cm³/mol. The molecule has 2 aromatic carbocycles. The van der Waals surface area contributed by atoms with Crippen LogP contribution in [0.2, 0.25) is 0 Å². The SMILES string of the molecule is COc1ccc(-n2nc(-c3ccc(F)cc3)cc2C(=O)NCCN2CCCC2)cc1. The second kappa shape index (κ2) is 9.09. The number of rotatable bonds is 7. The molecule has 6 nitrogen and oxygen atoms in total. The number of carbonyl (C=O) groups excluding carboxylic acids is 1. The standard InChI is InChI=1S/C23H25FN4O2/c1-30-20-10-8-19(9-11-20)28-22(23(29)25-12-15-27-13-2-3-14-27)16-21(26-28)17-4-6-18(24)7-5-17/h4-11,16H,2-3,12-15H2,1H3,(H,25,29). The average molecular weight is 408 g/mol. The number of amides is 1. The number of likely N-dealkylation sites (tertiary alicyclic amines) is 1. The van der Waals surface area contributed by atoms with Crippen LogP contribution in [-0.2, 0) is 0 Å². The molecule has 0 saturated carbocycles. The number of benzene rings is 2. The van der Waals surface area contributed by atoms with Gasteiger partial charge in [-0.2, -0.15) is 5.10 Å². The fourth-order valence-electron chi connectivity index (χ4n) is 3.65. The fourth-order valence-corrected chi connectivity index (χ4v) is 3.65. The monoisotopic (exact) mass is 408 g/mol. The van der Waals surface area contributed by atoms with Crippen molar-refractivity contribution < 1.29 is 13.9 Å². The highest BCUT2D eigenvalue weighted by atomic mass is 19.1. The van der Waals surface area contributed by atoms with Gasteiger partial charge < -0.3 is 15.0 Å². The first-order chi connectivity index (χ1) is 14.6. The lowest BCUT2D eigenvalue weighted by molar-refractivity contribution is 0.0942. The van der Waals surface area contributed by atoms with Crippen molar-refractivity contribution in [1.29, 1.82) is 0 Å². The Balaban J connectivity index is 1.60. The highest BCUT2D eigenvalue weighted by Gasteiger charge is 2.18. The largest absolute Gasteiger partial charge is 0.497 e. The number of ether oxygens (including phenoxy) is 1. The zero-order valence-corrected chi connectivity index (χ0v) is 17.0. The summed E-state index contributed by atoms with van der Waals surface area (Å²) in [7, 11) is 1.61. The van der Waals surface area contributed by atoms with Crippen LogP contribution in [0.25, 0.3) is 16.9 Å². The fraction of sp³-hybridized carbons (Fsp3) is 0.304. The van der Waals surface area contributed by atoms with Crippen LogP contribution in [0.3, 0.4) is 0 Å². The maximum atomic E-state index is 13.3. The number of nitrogens with one attached hydrogen (secondary N) is 1. The Bertz CT molecular complexity index is 993. The van der Waals surface area contributed by atoms with Gasteiger partial charge in [0.1, 0.15) is 17.3 Å². The van der Waals surface area contributed by atoms with E-state index in [4.69, 9.17) is 4.74 Å². The normalized spacial score (nSPS) is 14.1. The van der Waals surface area contributed by atoms with Gasteiger partial charge in [-0.05, 0) is 80.5 Å². The van der Waals surface area contributed by atoms with Gasteiger partial charge in [0.2, 0.25) is 0 Å². The number of halogens is 1. The first-order valence-corrected chi connectivity index (χ1v) is 10.1. The van der Waals surface area contributed by atoms with E-state index in [9.17, 15) is 9.18 Å². The molecule has 1 aromatic heterocycles. The van der Waals surface area contributed by atoms with E-state index in [2.05, 4.69) is 15.3 Å².